The summed E-state index contributed by atoms with van der Waals surface area (Å²) in [6.07, 6.45) is 3.75. The number of hydrogen-bond donors (Lipinski definition) is 1. The molecule has 0 aromatic carbocycles. The van der Waals surface area contributed by atoms with Gasteiger partial charge in [-0.3, -0.25) is 4.79 Å². The molecule has 0 aliphatic carbocycles. The summed E-state index contributed by atoms with van der Waals surface area (Å²) in [5.41, 5.74) is 1.03. The lowest BCUT2D eigenvalue weighted by atomic mass is 10.0. The van der Waals surface area contributed by atoms with Crippen LogP contribution >= 0.6 is 0 Å². The van der Waals surface area contributed by atoms with E-state index in [0.29, 0.717) is 0 Å². The molecule has 2 unspecified atom stereocenters. The van der Waals surface area contributed by atoms with Crippen molar-refractivity contribution < 1.29 is 9.53 Å². The number of hydrogen-bond acceptors (Lipinski definition) is 2. The molecule has 1 aliphatic heterocycles. The van der Waals surface area contributed by atoms with Crippen LogP contribution in [0.4, 0.5) is 0 Å². The summed E-state index contributed by atoms with van der Waals surface area (Å²) in [6.45, 7) is 6.64. The third-order valence-corrected chi connectivity index (χ3v) is 2.25. The quantitative estimate of drug-likeness (QED) is 0.683. The summed E-state index contributed by atoms with van der Waals surface area (Å²) in [6, 6.07) is 0.279. The highest BCUT2D eigenvalue weighted by molar-refractivity contribution is 5.88. The molecule has 0 spiro atoms. The van der Waals surface area contributed by atoms with Crippen LogP contribution in [-0.4, -0.2) is 24.7 Å². The molecule has 1 heterocycles. The molecule has 1 rings (SSSR count). The SMILES string of the molecule is CC(C)=CC(=O)NC1CCOC(C)C1. The normalized spacial score (nSPS) is 26.8. The van der Waals surface area contributed by atoms with Gasteiger partial charge in [0, 0.05) is 18.7 Å². The van der Waals surface area contributed by atoms with Gasteiger partial charge in [0.2, 0.25) is 5.91 Å². The average molecular weight is 197 g/mol. The summed E-state index contributed by atoms with van der Waals surface area (Å²) in [5, 5.41) is 2.99. The maximum atomic E-state index is 11.4. The van der Waals surface area contributed by atoms with E-state index in [9.17, 15) is 4.79 Å². The Bertz CT molecular complexity index is 231. The molecule has 2 atom stereocenters. The van der Waals surface area contributed by atoms with Gasteiger partial charge < -0.3 is 10.1 Å². The highest BCUT2D eigenvalue weighted by atomic mass is 16.5. The van der Waals surface area contributed by atoms with E-state index in [4.69, 9.17) is 4.74 Å². The standard InChI is InChI=1S/C11H19NO2/c1-8(2)6-11(13)12-10-4-5-14-9(3)7-10/h6,9-10H,4-5,7H2,1-3H3,(H,12,13). The van der Waals surface area contributed by atoms with Gasteiger partial charge in [0.25, 0.3) is 0 Å². The fourth-order valence-electron chi connectivity index (χ4n) is 1.63. The largest absolute Gasteiger partial charge is 0.378 e. The Kier molecular flexibility index (Phi) is 4.14. The number of carbonyl (C=O) groups excluding carboxylic acids is 1. The van der Waals surface area contributed by atoms with Crippen LogP contribution in [0.3, 0.4) is 0 Å². The first-order chi connectivity index (χ1) is 6.58. The van der Waals surface area contributed by atoms with E-state index in [1.54, 1.807) is 6.08 Å². The lowest BCUT2D eigenvalue weighted by Gasteiger charge is -2.27. The van der Waals surface area contributed by atoms with Crippen molar-refractivity contribution in [3.8, 4) is 0 Å². The van der Waals surface area contributed by atoms with Gasteiger partial charge in [-0.1, -0.05) is 5.57 Å². The Labute approximate surface area is 85.5 Å². The lowest BCUT2D eigenvalue weighted by molar-refractivity contribution is -0.118. The van der Waals surface area contributed by atoms with Crippen LogP contribution in [0.15, 0.2) is 11.6 Å². The molecule has 0 bridgehead atoms. The Morgan fingerprint density at radius 1 is 1.50 bits per heavy atom. The van der Waals surface area contributed by atoms with Crippen LogP contribution in [0, 0.1) is 0 Å². The van der Waals surface area contributed by atoms with E-state index < -0.39 is 0 Å². The monoisotopic (exact) mass is 197 g/mol. The van der Waals surface area contributed by atoms with Gasteiger partial charge in [0.05, 0.1) is 6.10 Å². The molecule has 3 heteroatoms. The zero-order chi connectivity index (χ0) is 10.6. The molecule has 1 aliphatic rings. The first-order valence-electron chi connectivity index (χ1n) is 5.15. The summed E-state index contributed by atoms with van der Waals surface area (Å²) in [7, 11) is 0. The summed E-state index contributed by atoms with van der Waals surface area (Å²) in [5.74, 6) is 0.0177. The molecule has 0 saturated carbocycles. The van der Waals surface area contributed by atoms with E-state index in [1.165, 1.54) is 0 Å². The molecule has 1 amide bonds. The van der Waals surface area contributed by atoms with Crippen molar-refractivity contribution in [1.29, 1.82) is 0 Å². The van der Waals surface area contributed by atoms with E-state index >= 15 is 0 Å². The van der Waals surface area contributed by atoms with Crippen molar-refractivity contribution in [3.63, 3.8) is 0 Å². The zero-order valence-electron chi connectivity index (χ0n) is 9.17. The van der Waals surface area contributed by atoms with Crippen molar-refractivity contribution >= 4 is 5.91 Å². The maximum absolute atomic E-state index is 11.4. The number of nitrogens with one attached hydrogen (secondary N) is 1. The molecule has 0 aromatic heterocycles. The van der Waals surface area contributed by atoms with Gasteiger partial charge in [0.1, 0.15) is 0 Å². The minimum absolute atomic E-state index is 0.0177. The Morgan fingerprint density at radius 3 is 2.79 bits per heavy atom. The predicted molar refractivity (Wildman–Crippen MR) is 56.0 cm³/mol. The van der Waals surface area contributed by atoms with Crippen LogP contribution < -0.4 is 5.32 Å². The highest BCUT2D eigenvalue weighted by Gasteiger charge is 2.19. The molecule has 80 valence electrons. The number of allylic oxidation sites excluding steroid dienone is 1. The fraction of sp³-hybridized carbons (Fsp3) is 0.727. The molecule has 1 fully saturated rings. The number of rotatable bonds is 2. The second-order valence-corrected chi connectivity index (χ2v) is 4.13. The van der Waals surface area contributed by atoms with E-state index in [2.05, 4.69) is 5.32 Å². The zero-order valence-corrected chi connectivity index (χ0v) is 9.17. The Hall–Kier alpha value is -0.830. The first kappa shape index (κ1) is 11.2. The van der Waals surface area contributed by atoms with E-state index in [1.807, 2.05) is 20.8 Å². The van der Waals surface area contributed by atoms with E-state index in [0.717, 1.165) is 25.0 Å². The van der Waals surface area contributed by atoms with E-state index in [-0.39, 0.29) is 18.1 Å². The van der Waals surface area contributed by atoms with Gasteiger partial charge >= 0.3 is 0 Å². The van der Waals surface area contributed by atoms with Gasteiger partial charge in [-0.2, -0.15) is 0 Å². The van der Waals surface area contributed by atoms with Crippen molar-refractivity contribution in [1.82, 2.24) is 5.32 Å². The molecule has 1 saturated heterocycles. The molecule has 1 N–H and O–H groups in total. The Morgan fingerprint density at radius 2 is 2.21 bits per heavy atom. The minimum Gasteiger partial charge on any atom is -0.378 e. The fourth-order valence-corrected chi connectivity index (χ4v) is 1.63. The first-order valence-corrected chi connectivity index (χ1v) is 5.15. The third kappa shape index (κ3) is 3.92. The van der Waals surface area contributed by atoms with Gasteiger partial charge in [-0.15, -0.1) is 0 Å². The van der Waals surface area contributed by atoms with Crippen LogP contribution in [0.25, 0.3) is 0 Å². The van der Waals surface area contributed by atoms with Crippen LogP contribution in [0.2, 0.25) is 0 Å². The summed E-state index contributed by atoms with van der Waals surface area (Å²) >= 11 is 0. The number of ether oxygens (including phenoxy) is 1. The van der Waals surface area contributed by atoms with Crippen molar-refractivity contribution in [3.05, 3.63) is 11.6 Å². The maximum Gasteiger partial charge on any atom is 0.244 e. The number of amides is 1. The predicted octanol–water partition coefficient (Wildman–Crippen LogP) is 1.64. The smallest absolute Gasteiger partial charge is 0.244 e. The number of carbonyl (C=O) groups is 1. The molecule has 0 aromatic rings. The lowest BCUT2D eigenvalue weighted by Crippen LogP contribution is -2.40. The summed E-state index contributed by atoms with van der Waals surface area (Å²) < 4.78 is 5.40. The molecule has 14 heavy (non-hydrogen) atoms. The molecule has 0 radical (unpaired) electrons. The topological polar surface area (TPSA) is 38.3 Å². The van der Waals surface area contributed by atoms with Gasteiger partial charge in [-0.25, -0.2) is 0 Å². The molecule has 3 nitrogen and oxygen atoms in total. The minimum atomic E-state index is 0.0177. The summed E-state index contributed by atoms with van der Waals surface area (Å²) in [4.78, 5) is 11.4. The van der Waals surface area contributed by atoms with Gasteiger partial charge in [0.15, 0.2) is 0 Å². The van der Waals surface area contributed by atoms with Gasteiger partial charge in [-0.05, 0) is 33.6 Å². The average Bonchev–Trinajstić information content (AvgIpc) is 2.01. The van der Waals surface area contributed by atoms with Crippen molar-refractivity contribution in [2.75, 3.05) is 6.61 Å². The second kappa shape index (κ2) is 5.15. The second-order valence-electron chi connectivity index (χ2n) is 4.13. The van der Waals surface area contributed by atoms with Crippen LogP contribution in [0.1, 0.15) is 33.6 Å². The van der Waals surface area contributed by atoms with Crippen molar-refractivity contribution in [2.45, 2.75) is 45.8 Å². The Balaban J connectivity index is 2.36. The van der Waals surface area contributed by atoms with Crippen LogP contribution in [0.5, 0.6) is 0 Å². The molecular weight excluding hydrogens is 178 g/mol. The third-order valence-electron chi connectivity index (χ3n) is 2.25. The van der Waals surface area contributed by atoms with Crippen molar-refractivity contribution in [2.24, 2.45) is 0 Å². The van der Waals surface area contributed by atoms with Crippen LogP contribution in [-0.2, 0) is 9.53 Å². The highest BCUT2D eigenvalue weighted by Crippen LogP contribution is 2.12. The molecular formula is C11H19NO2.